The maximum atomic E-state index is 11.7. The van der Waals surface area contributed by atoms with Crippen LogP contribution in [0.1, 0.15) is 16.8 Å². The predicted molar refractivity (Wildman–Crippen MR) is 72.8 cm³/mol. The van der Waals surface area contributed by atoms with Gasteiger partial charge in [0.25, 0.3) is 0 Å². The molecule has 0 saturated carbocycles. The first-order valence-corrected chi connectivity index (χ1v) is 6.12. The molecule has 2 rings (SSSR count). The van der Waals surface area contributed by atoms with Gasteiger partial charge in [-0.15, -0.1) is 0 Å². The van der Waals surface area contributed by atoms with Crippen molar-refractivity contribution in [1.29, 1.82) is 5.26 Å². The lowest BCUT2D eigenvalue weighted by molar-refractivity contribution is 0.0998. The van der Waals surface area contributed by atoms with E-state index in [-0.39, 0.29) is 12.2 Å². The number of fused-ring (bicyclic) bond motifs is 1. The average molecular weight is 256 g/mol. The van der Waals surface area contributed by atoms with Crippen LogP contribution in [0.2, 0.25) is 0 Å². The van der Waals surface area contributed by atoms with Crippen molar-refractivity contribution in [3.05, 3.63) is 30.0 Å². The number of nitriles is 1. The lowest BCUT2D eigenvalue weighted by Gasteiger charge is -2.10. The smallest absolute Gasteiger partial charge is 0.176 e. The fourth-order valence-electron chi connectivity index (χ4n) is 1.91. The molecule has 0 aliphatic heterocycles. The summed E-state index contributed by atoms with van der Waals surface area (Å²) in [6.45, 7) is 1.72. The highest BCUT2D eigenvalue weighted by Gasteiger charge is 2.08. The Balaban J connectivity index is 2.27. The molecule has 0 bridgehead atoms. The molecule has 0 N–H and O–H groups in total. The molecule has 0 radical (unpaired) electrons. The van der Waals surface area contributed by atoms with Gasteiger partial charge < -0.3 is 4.90 Å². The number of hydrogen-bond acceptors (Lipinski definition) is 4. The van der Waals surface area contributed by atoms with Gasteiger partial charge in [-0.1, -0.05) is 0 Å². The second-order valence-corrected chi connectivity index (χ2v) is 4.70. The van der Waals surface area contributed by atoms with E-state index in [1.807, 2.05) is 30.9 Å². The van der Waals surface area contributed by atoms with Gasteiger partial charge in [-0.2, -0.15) is 10.4 Å². The zero-order valence-corrected chi connectivity index (χ0v) is 11.1. The van der Waals surface area contributed by atoms with Gasteiger partial charge in [-0.3, -0.25) is 9.48 Å². The molecule has 98 valence electrons. The van der Waals surface area contributed by atoms with E-state index in [1.165, 1.54) is 0 Å². The first-order valence-electron chi connectivity index (χ1n) is 6.12. The van der Waals surface area contributed by atoms with Crippen LogP contribution in [0.4, 0.5) is 0 Å². The molecule has 0 spiro atoms. The summed E-state index contributed by atoms with van der Waals surface area (Å²) in [5.41, 5.74) is 1.58. The Morgan fingerprint density at radius 1 is 1.47 bits per heavy atom. The molecule has 19 heavy (non-hydrogen) atoms. The molecule has 5 heteroatoms. The van der Waals surface area contributed by atoms with E-state index in [2.05, 4.69) is 10.00 Å². The molecule has 0 unspecified atom stereocenters. The summed E-state index contributed by atoms with van der Waals surface area (Å²) >= 11 is 0. The third kappa shape index (κ3) is 2.98. The van der Waals surface area contributed by atoms with Gasteiger partial charge in [0.1, 0.15) is 0 Å². The van der Waals surface area contributed by atoms with Crippen molar-refractivity contribution in [3.63, 3.8) is 0 Å². The van der Waals surface area contributed by atoms with Gasteiger partial charge in [0.05, 0.1) is 30.7 Å². The topological polar surface area (TPSA) is 61.9 Å². The molecular formula is C14H16N4O. The number of rotatable bonds is 5. The van der Waals surface area contributed by atoms with Gasteiger partial charge in [0.2, 0.25) is 0 Å². The minimum Gasteiger partial charge on any atom is -0.308 e. The fourth-order valence-corrected chi connectivity index (χ4v) is 1.91. The molecule has 2 aromatic rings. The summed E-state index contributed by atoms with van der Waals surface area (Å²) in [5.74, 6) is -0.148. The number of likely N-dealkylation sites (N-methyl/N-ethyl adjacent to an activating group) is 1. The van der Waals surface area contributed by atoms with E-state index < -0.39 is 0 Å². The lowest BCUT2D eigenvalue weighted by atomic mass is 10.1. The van der Waals surface area contributed by atoms with Crippen LogP contribution in [0.25, 0.3) is 10.9 Å². The van der Waals surface area contributed by atoms with Crippen molar-refractivity contribution >= 4 is 16.7 Å². The highest BCUT2D eigenvalue weighted by atomic mass is 16.1. The fraction of sp³-hybridized carbons (Fsp3) is 0.357. The van der Waals surface area contributed by atoms with Gasteiger partial charge in [0.15, 0.2) is 5.78 Å². The van der Waals surface area contributed by atoms with Crippen molar-refractivity contribution in [1.82, 2.24) is 14.7 Å². The van der Waals surface area contributed by atoms with Crippen molar-refractivity contribution < 1.29 is 4.79 Å². The van der Waals surface area contributed by atoms with Crippen LogP contribution in [-0.4, -0.2) is 41.1 Å². The number of carbonyl (C=O) groups excluding carboxylic acids is 1. The van der Waals surface area contributed by atoms with E-state index in [0.717, 1.165) is 24.0 Å². The Kier molecular flexibility index (Phi) is 3.93. The Hall–Kier alpha value is -2.19. The van der Waals surface area contributed by atoms with E-state index in [4.69, 9.17) is 5.26 Å². The summed E-state index contributed by atoms with van der Waals surface area (Å²) in [4.78, 5) is 13.7. The standard InChI is InChI=1S/C14H16N4O/c1-17(2)7-8-18-13-4-3-11(14(19)5-6-15)9-12(13)10-16-18/h3-4,9-10H,5,7-8H2,1-2H3. The van der Waals surface area contributed by atoms with E-state index in [9.17, 15) is 4.79 Å². The SMILES string of the molecule is CN(C)CCn1ncc2cc(C(=O)CC#N)ccc21. The van der Waals surface area contributed by atoms with Crippen molar-refractivity contribution in [2.75, 3.05) is 20.6 Å². The maximum absolute atomic E-state index is 11.7. The molecule has 5 nitrogen and oxygen atoms in total. The Labute approximate surface area is 112 Å². The van der Waals surface area contributed by atoms with Crippen LogP contribution in [0.15, 0.2) is 24.4 Å². The summed E-state index contributed by atoms with van der Waals surface area (Å²) in [6.07, 6.45) is 1.68. The third-order valence-electron chi connectivity index (χ3n) is 2.96. The Bertz CT molecular complexity index is 636. The zero-order chi connectivity index (χ0) is 13.8. The number of ketones is 1. The molecule has 0 fully saturated rings. The highest BCUT2D eigenvalue weighted by molar-refractivity contribution is 6.00. The van der Waals surface area contributed by atoms with Gasteiger partial charge >= 0.3 is 0 Å². The predicted octanol–water partition coefficient (Wildman–Crippen LogP) is 1.69. The lowest BCUT2D eigenvalue weighted by Crippen LogP contribution is -2.18. The van der Waals surface area contributed by atoms with Crippen LogP contribution in [0, 0.1) is 11.3 Å². The summed E-state index contributed by atoms with van der Waals surface area (Å²) in [6, 6.07) is 7.33. The zero-order valence-electron chi connectivity index (χ0n) is 11.1. The maximum Gasteiger partial charge on any atom is 0.176 e. The number of Topliss-reactive ketones (excluding diaryl/α,β-unsaturated/α-hetero) is 1. The highest BCUT2D eigenvalue weighted by Crippen LogP contribution is 2.16. The number of aromatic nitrogens is 2. The summed E-state index contributed by atoms with van der Waals surface area (Å²) < 4.78 is 1.92. The molecule has 0 aliphatic rings. The number of hydrogen-bond donors (Lipinski definition) is 0. The molecule has 1 heterocycles. The minimum atomic E-state index is -0.148. The number of carbonyl (C=O) groups is 1. The minimum absolute atomic E-state index is 0.0831. The summed E-state index contributed by atoms with van der Waals surface area (Å²) in [5, 5.41) is 13.8. The summed E-state index contributed by atoms with van der Waals surface area (Å²) in [7, 11) is 4.04. The van der Waals surface area contributed by atoms with E-state index >= 15 is 0 Å². The van der Waals surface area contributed by atoms with Crippen molar-refractivity contribution in [3.8, 4) is 6.07 Å². The third-order valence-corrected chi connectivity index (χ3v) is 2.96. The van der Waals surface area contributed by atoms with Crippen LogP contribution < -0.4 is 0 Å². The molecule has 0 amide bonds. The van der Waals surface area contributed by atoms with E-state index in [0.29, 0.717) is 5.56 Å². The van der Waals surface area contributed by atoms with Crippen molar-refractivity contribution in [2.45, 2.75) is 13.0 Å². The number of nitrogens with zero attached hydrogens (tertiary/aromatic N) is 4. The van der Waals surface area contributed by atoms with Gasteiger partial charge in [0, 0.05) is 17.5 Å². The normalized spacial score (nSPS) is 10.8. The Morgan fingerprint density at radius 2 is 2.26 bits per heavy atom. The first-order chi connectivity index (χ1) is 9.11. The second-order valence-electron chi connectivity index (χ2n) is 4.70. The number of benzene rings is 1. The molecular weight excluding hydrogens is 240 g/mol. The molecule has 0 saturated heterocycles. The molecule has 0 atom stereocenters. The van der Waals surface area contributed by atoms with Crippen molar-refractivity contribution in [2.24, 2.45) is 0 Å². The quantitative estimate of drug-likeness (QED) is 0.764. The molecule has 0 aliphatic carbocycles. The first kappa shape index (κ1) is 13.2. The second kappa shape index (κ2) is 5.63. The largest absolute Gasteiger partial charge is 0.308 e. The van der Waals surface area contributed by atoms with Crippen LogP contribution in [0.3, 0.4) is 0 Å². The van der Waals surface area contributed by atoms with E-state index in [1.54, 1.807) is 18.3 Å². The van der Waals surface area contributed by atoms with Crippen LogP contribution in [0.5, 0.6) is 0 Å². The van der Waals surface area contributed by atoms with Gasteiger partial charge in [-0.25, -0.2) is 0 Å². The Morgan fingerprint density at radius 3 is 2.95 bits per heavy atom. The van der Waals surface area contributed by atoms with Crippen LogP contribution >= 0.6 is 0 Å². The van der Waals surface area contributed by atoms with Gasteiger partial charge in [-0.05, 0) is 32.3 Å². The monoisotopic (exact) mass is 256 g/mol. The molecule has 1 aromatic carbocycles. The molecule has 1 aromatic heterocycles. The average Bonchev–Trinajstić information content (AvgIpc) is 2.78. The van der Waals surface area contributed by atoms with Crippen LogP contribution in [-0.2, 0) is 6.54 Å².